The number of Topliss-reactive ketones (excluding diaryl/α,β-unsaturated/α-hetero) is 1. The van der Waals surface area contributed by atoms with Crippen LogP contribution in [0.5, 0.6) is 0 Å². The average Bonchev–Trinajstić information content (AvgIpc) is 3.06. The third-order valence-electron chi connectivity index (χ3n) is 8.23. The summed E-state index contributed by atoms with van der Waals surface area (Å²) in [5.74, 6) is -2.14. The van der Waals surface area contributed by atoms with Crippen LogP contribution < -0.4 is 21.7 Å². The van der Waals surface area contributed by atoms with E-state index in [1.165, 1.54) is 0 Å². The molecule has 3 aliphatic rings. The summed E-state index contributed by atoms with van der Waals surface area (Å²) in [7, 11) is 0. The summed E-state index contributed by atoms with van der Waals surface area (Å²) < 4.78 is 0. The molecule has 0 spiro atoms. The number of hydrogen-bond acceptors (Lipinski definition) is 5. The number of rotatable bonds is 10. The highest BCUT2D eigenvalue weighted by Crippen LogP contribution is 2.65. The molecule has 10 heteroatoms. The van der Waals surface area contributed by atoms with Crippen LogP contribution in [0.15, 0.2) is 0 Å². The summed E-state index contributed by atoms with van der Waals surface area (Å²) in [6.07, 6.45) is 3.75. The van der Waals surface area contributed by atoms with E-state index in [-0.39, 0.29) is 35.0 Å². The summed E-state index contributed by atoms with van der Waals surface area (Å²) in [4.78, 5) is 65.9. The standard InChI is InChI=1S/C27H45N5O5/c1-14(2)11-18(30-25(37)31-26(3,4)5)24(36)32-13-16-19(27(16,6)7)20(32)23(35)29-17(21(33)22(28)34)12-15-9-8-10-15/h14-20H,8-13H2,1-7H3,(H2,28,34)(H,29,35)(H2,30,31,37)/t16-,17?,18?,19-,20-/m0/s1. The number of nitrogens with one attached hydrogen (secondary N) is 3. The van der Waals surface area contributed by atoms with Crippen molar-refractivity contribution in [3.8, 4) is 0 Å². The Morgan fingerprint density at radius 3 is 2.14 bits per heavy atom. The van der Waals surface area contributed by atoms with Gasteiger partial charge in [-0.25, -0.2) is 4.79 Å². The number of hydrogen-bond donors (Lipinski definition) is 4. The molecule has 1 aliphatic heterocycles. The van der Waals surface area contributed by atoms with E-state index in [1.54, 1.807) is 4.90 Å². The van der Waals surface area contributed by atoms with Crippen molar-refractivity contribution in [3.63, 3.8) is 0 Å². The van der Waals surface area contributed by atoms with Crippen LogP contribution in [-0.2, 0) is 19.2 Å². The zero-order chi connectivity index (χ0) is 27.9. The van der Waals surface area contributed by atoms with Gasteiger partial charge in [-0.1, -0.05) is 47.0 Å². The second-order valence-electron chi connectivity index (χ2n) is 13.2. The van der Waals surface area contributed by atoms with Gasteiger partial charge in [-0.2, -0.15) is 0 Å². The van der Waals surface area contributed by atoms with Gasteiger partial charge >= 0.3 is 6.03 Å². The number of piperidine rings is 1. The number of nitrogens with zero attached hydrogens (tertiary/aromatic N) is 1. The fourth-order valence-electron chi connectivity index (χ4n) is 5.96. The highest BCUT2D eigenvalue weighted by molar-refractivity contribution is 6.37. The van der Waals surface area contributed by atoms with Crippen molar-refractivity contribution in [2.75, 3.05) is 6.54 Å². The lowest BCUT2D eigenvalue weighted by Gasteiger charge is -2.35. The van der Waals surface area contributed by atoms with E-state index in [0.29, 0.717) is 19.4 Å². The second kappa shape index (κ2) is 10.6. The van der Waals surface area contributed by atoms with Gasteiger partial charge < -0.3 is 26.6 Å². The Balaban J connectivity index is 1.80. The molecule has 10 nitrogen and oxygen atoms in total. The van der Waals surface area contributed by atoms with E-state index in [0.717, 1.165) is 19.3 Å². The van der Waals surface area contributed by atoms with Crippen molar-refractivity contribution in [3.05, 3.63) is 0 Å². The number of amides is 5. The van der Waals surface area contributed by atoms with Crippen molar-refractivity contribution in [2.45, 2.75) is 104 Å². The van der Waals surface area contributed by atoms with Gasteiger partial charge in [0.05, 0.1) is 6.04 Å². The third-order valence-corrected chi connectivity index (χ3v) is 8.23. The van der Waals surface area contributed by atoms with Gasteiger partial charge in [0, 0.05) is 12.1 Å². The molecule has 3 rings (SSSR count). The van der Waals surface area contributed by atoms with Crippen molar-refractivity contribution in [1.82, 2.24) is 20.9 Å². The van der Waals surface area contributed by atoms with Gasteiger partial charge in [-0.05, 0) is 62.7 Å². The van der Waals surface area contributed by atoms with Gasteiger partial charge in [-0.3, -0.25) is 19.2 Å². The van der Waals surface area contributed by atoms with E-state index >= 15 is 0 Å². The number of primary amides is 1. The topological polar surface area (TPSA) is 151 Å². The van der Waals surface area contributed by atoms with Gasteiger partial charge in [0.25, 0.3) is 5.91 Å². The molecule has 0 aromatic rings. The summed E-state index contributed by atoms with van der Waals surface area (Å²) in [6.45, 7) is 14.1. The predicted octanol–water partition coefficient (Wildman–Crippen LogP) is 1.71. The summed E-state index contributed by atoms with van der Waals surface area (Å²) in [6, 6.07) is -3.00. The minimum absolute atomic E-state index is 0.0624. The Morgan fingerprint density at radius 1 is 1.03 bits per heavy atom. The maximum atomic E-state index is 13.8. The maximum absolute atomic E-state index is 13.8. The highest BCUT2D eigenvalue weighted by Gasteiger charge is 2.69. The molecule has 0 bridgehead atoms. The monoisotopic (exact) mass is 519 g/mol. The van der Waals surface area contributed by atoms with Crippen LogP contribution in [0.1, 0.15) is 80.6 Å². The Hall–Kier alpha value is -2.65. The molecule has 5 amide bonds. The smallest absolute Gasteiger partial charge is 0.315 e. The van der Waals surface area contributed by atoms with E-state index in [2.05, 4.69) is 29.8 Å². The van der Waals surface area contributed by atoms with Crippen molar-refractivity contribution in [2.24, 2.45) is 34.8 Å². The largest absolute Gasteiger partial charge is 0.363 e. The highest BCUT2D eigenvalue weighted by atomic mass is 16.2. The zero-order valence-corrected chi connectivity index (χ0v) is 23.3. The second-order valence-corrected chi connectivity index (χ2v) is 13.2. The Morgan fingerprint density at radius 2 is 1.65 bits per heavy atom. The lowest BCUT2D eigenvalue weighted by Crippen LogP contribution is -2.59. The molecule has 5 atom stereocenters. The number of ketones is 1. The number of fused-ring (bicyclic) bond motifs is 1. The molecule has 2 aliphatic carbocycles. The van der Waals surface area contributed by atoms with Crippen molar-refractivity contribution in [1.29, 1.82) is 0 Å². The lowest BCUT2D eigenvalue weighted by atomic mass is 9.80. The van der Waals surface area contributed by atoms with E-state index in [9.17, 15) is 24.0 Å². The van der Waals surface area contributed by atoms with E-state index in [4.69, 9.17) is 5.73 Å². The molecular formula is C27H45N5O5. The minimum atomic E-state index is -1.07. The van der Waals surface area contributed by atoms with Crippen LogP contribution in [0, 0.1) is 29.1 Å². The van der Waals surface area contributed by atoms with Gasteiger partial charge in [0.15, 0.2) is 0 Å². The molecule has 1 heterocycles. The molecular weight excluding hydrogens is 474 g/mol. The third kappa shape index (κ3) is 6.62. The van der Waals surface area contributed by atoms with Crippen molar-refractivity contribution >= 4 is 29.5 Å². The number of carbonyl (C=O) groups excluding carboxylic acids is 5. The van der Waals surface area contributed by atoms with Crippen molar-refractivity contribution < 1.29 is 24.0 Å². The van der Waals surface area contributed by atoms with Crippen LogP contribution in [-0.4, -0.2) is 64.6 Å². The zero-order valence-electron chi connectivity index (χ0n) is 23.3. The number of likely N-dealkylation sites (tertiary alicyclic amines) is 1. The van der Waals surface area contributed by atoms with Crippen LogP contribution in [0.25, 0.3) is 0 Å². The van der Waals surface area contributed by atoms with Crippen LogP contribution in [0.2, 0.25) is 0 Å². The first-order chi connectivity index (χ1) is 17.0. The first-order valence-electron chi connectivity index (χ1n) is 13.6. The normalized spacial score (nSPS) is 25.9. The molecule has 3 fully saturated rings. The average molecular weight is 520 g/mol. The fourth-order valence-corrected chi connectivity index (χ4v) is 5.96. The summed E-state index contributed by atoms with van der Waals surface area (Å²) in [5.41, 5.74) is 4.68. The van der Waals surface area contributed by atoms with Gasteiger partial charge in [0.2, 0.25) is 17.6 Å². The number of urea groups is 1. The van der Waals surface area contributed by atoms with Gasteiger partial charge in [0.1, 0.15) is 12.1 Å². The predicted molar refractivity (Wildman–Crippen MR) is 139 cm³/mol. The first kappa shape index (κ1) is 28.9. The molecule has 0 aromatic heterocycles. The molecule has 37 heavy (non-hydrogen) atoms. The van der Waals surface area contributed by atoms with Gasteiger partial charge in [-0.15, -0.1) is 0 Å². The Bertz CT molecular complexity index is 936. The molecule has 2 unspecified atom stereocenters. The summed E-state index contributed by atoms with van der Waals surface area (Å²) in [5, 5.41) is 8.44. The molecule has 1 saturated heterocycles. The molecule has 2 saturated carbocycles. The molecule has 0 radical (unpaired) electrons. The number of carbonyl (C=O) groups is 5. The van der Waals surface area contributed by atoms with E-state index < -0.39 is 47.3 Å². The Labute approximate surface area is 220 Å². The number of nitrogens with two attached hydrogens (primary N) is 1. The SMILES string of the molecule is CC(C)CC(NC(=O)NC(C)(C)C)C(=O)N1C[C@H]2[C@@H]([C@H]1C(=O)NC(CC1CCC1)C(=O)C(N)=O)C2(C)C. The van der Waals surface area contributed by atoms with Crippen LogP contribution >= 0.6 is 0 Å². The van der Waals surface area contributed by atoms with Crippen LogP contribution in [0.4, 0.5) is 4.79 Å². The Kier molecular flexibility index (Phi) is 8.29. The van der Waals surface area contributed by atoms with Crippen LogP contribution in [0.3, 0.4) is 0 Å². The fraction of sp³-hybridized carbons (Fsp3) is 0.815. The molecule has 208 valence electrons. The summed E-state index contributed by atoms with van der Waals surface area (Å²) >= 11 is 0. The maximum Gasteiger partial charge on any atom is 0.315 e. The quantitative estimate of drug-likeness (QED) is 0.324. The molecule has 0 aromatic carbocycles. The molecule has 5 N–H and O–H groups in total. The lowest BCUT2D eigenvalue weighted by molar-refractivity contribution is -0.144. The van der Waals surface area contributed by atoms with E-state index in [1.807, 2.05) is 34.6 Å². The minimum Gasteiger partial charge on any atom is -0.363 e. The first-order valence-corrected chi connectivity index (χ1v) is 13.6.